The van der Waals surface area contributed by atoms with Gasteiger partial charge in [-0.25, -0.2) is 0 Å². The molecule has 118 valence electrons. The molecule has 0 spiro atoms. The van der Waals surface area contributed by atoms with E-state index in [1.54, 1.807) is 0 Å². The maximum absolute atomic E-state index is 12.9. The summed E-state index contributed by atoms with van der Waals surface area (Å²) in [7, 11) is 0. The molecule has 1 aliphatic carbocycles. The highest BCUT2D eigenvalue weighted by molar-refractivity contribution is 5.85. The fraction of sp³-hybridized carbons (Fsp3) is 0.882. The number of ether oxygens (including phenoxy) is 1. The summed E-state index contributed by atoms with van der Waals surface area (Å²) in [6, 6.07) is 0.170. The molecule has 1 saturated carbocycles. The number of nitrogens with zero attached hydrogens (tertiary/aromatic N) is 1. The van der Waals surface area contributed by atoms with Gasteiger partial charge in [0.05, 0.1) is 12.0 Å². The highest BCUT2D eigenvalue weighted by atomic mass is 16.5. The normalized spacial score (nSPS) is 37.2. The van der Waals surface area contributed by atoms with Crippen molar-refractivity contribution in [1.82, 2.24) is 4.90 Å². The summed E-state index contributed by atoms with van der Waals surface area (Å²) in [5, 5.41) is 0. The SMILES string of the molecule is CCC1OCCC1C(=O)N1CCCC1C1CCCCC1=O. The lowest BCUT2D eigenvalue weighted by Crippen LogP contribution is -2.47. The summed E-state index contributed by atoms with van der Waals surface area (Å²) in [5.74, 6) is 0.766. The fourth-order valence-corrected chi connectivity index (χ4v) is 4.45. The zero-order valence-electron chi connectivity index (χ0n) is 13.1. The summed E-state index contributed by atoms with van der Waals surface area (Å²) in [5.41, 5.74) is 0. The predicted molar refractivity (Wildman–Crippen MR) is 79.8 cm³/mol. The Morgan fingerprint density at radius 1 is 1.24 bits per heavy atom. The number of likely N-dealkylation sites (tertiary alicyclic amines) is 1. The van der Waals surface area contributed by atoms with Gasteiger partial charge < -0.3 is 9.64 Å². The van der Waals surface area contributed by atoms with Crippen LogP contribution in [0.4, 0.5) is 0 Å². The maximum atomic E-state index is 12.9. The topological polar surface area (TPSA) is 46.6 Å². The number of carbonyl (C=O) groups is 2. The van der Waals surface area contributed by atoms with Gasteiger partial charge in [0.2, 0.25) is 5.91 Å². The summed E-state index contributed by atoms with van der Waals surface area (Å²) in [4.78, 5) is 27.2. The van der Waals surface area contributed by atoms with Crippen LogP contribution in [0.2, 0.25) is 0 Å². The third-order valence-corrected chi connectivity index (χ3v) is 5.58. The smallest absolute Gasteiger partial charge is 0.228 e. The molecular formula is C17H27NO3. The quantitative estimate of drug-likeness (QED) is 0.803. The van der Waals surface area contributed by atoms with Crippen molar-refractivity contribution in [2.45, 2.75) is 70.4 Å². The monoisotopic (exact) mass is 293 g/mol. The van der Waals surface area contributed by atoms with Crippen LogP contribution in [0, 0.1) is 11.8 Å². The molecule has 0 bridgehead atoms. The van der Waals surface area contributed by atoms with Crippen molar-refractivity contribution in [3.8, 4) is 0 Å². The first-order chi connectivity index (χ1) is 10.2. The lowest BCUT2D eigenvalue weighted by atomic mass is 9.81. The number of hydrogen-bond donors (Lipinski definition) is 0. The molecule has 0 N–H and O–H groups in total. The average Bonchev–Trinajstić information content (AvgIpc) is 3.16. The Kier molecular flexibility index (Phi) is 4.63. The Morgan fingerprint density at radius 2 is 2.10 bits per heavy atom. The van der Waals surface area contributed by atoms with E-state index in [-0.39, 0.29) is 29.9 Å². The third-order valence-electron chi connectivity index (χ3n) is 5.58. The van der Waals surface area contributed by atoms with Crippen LogP contribution in [0.15, 0.2) is 0 Å². The largest absolute Gasteiger partial charge is 0.377 e. The van der Waals surface area contributed by atoms with Crippen LogP contribution < -0.4 is 0 Å². The van der Waals surface area contributed by atoms with Gasteiger partial charge in [0.25, 0.3) is 0 Å². The molecule has 3 aliphatic rings. The second-order valence-electron chi connectivity index (χ2n) is 6.77. The molecule has 4 heteroatoms. The second-order valence-corrected chi connectivity index (χ2v) is 6.77. The van der Waals surface area contributed by atoms with E-state index in [0.717, 1.165) is 51.5 Å². The van der Waals surface area contributed by atoms with Crippen LogP contribution >= 0.6 is 0 Å². The highest BCUT2D eigenvalue weighted by Crippen LogP contribution is 2.35. The van der Waals surface area contributed by atoms with Crippen molar-refractivity contribution in [1.29, 1.82) is 0 Å². The predicted octanol–water partition coefficient (Wildman–Crippen LogP) is 2.55. The van der Waals surface area contributed by atoms with Gasteiger partial charge in [-0.05, 0) is 38.5 Å². The molecule has 0 aromatic carbocycles. The lowest BCUT2D eigenvalue weighted by molar-refractivity contribution is -0.141. The molecule has 2 heterocycles. The van der Waals surface area contributed by atoms with Crippen molar-refractivity contribution in [2.75, 3.05) is 13.2 Å². The molecule has 21 heavy (non-hydrogen) atoms. The van der Waals surface area contributed by atoms with Crippen LogP contribution in [0.3, 0.4) is 0 Å². The molecule has 3 fully saturated rings. The van der Waals surface area contributed by atoms with Crippen LogP contribution in [-0.2, 0) is 14.3 Å². The standard InChI is InChI=1S/C17H27NO3/c1-2-16-13(9-11-21-16)17(20)18-10-5-7-14(18)12-6-3-4-8-15(12)19/h12-14,16H,2-11H2,1H3. The second kappa shape index (κ2) is 6.47. The maximum Gasteiger partial charge on any atom is 0.228 e. The average molecular weight is 293 g/mol. The number of carbonyl (C=O) groups excluding carboxylic acids is 2. The Hall–Kier alpha value is -0.900. The minimum atomic E-state index is 0.0225. The van der Waals surface area contributed by atoms with E-state index in [0.29, 0.717) is 18.8 Å². The van der Waals surface area contributed by atoms with E-state index in [2.05, 4.69) is 6.92 Å². The van der Waals surface area contributed by atoms with E-state index >= 15 is 0 Å². The van der Waals surface area contributed by atoms with Crippen molar-refractivity contribution < 1.29 is 14.3 Å². The van der Waals surface area contributed by atoms with Crippen molar-refractivity contribution in [3.05, 3.63) is 0 Å². The zero-order valence-corrected chi connectivity index (χ0v) is 13.1. The number of Topliss-reactive ketones (excluding diaryl/α,β-unsaturated/α-hetero) is 1. The summed E-state index contributed by atoms with van der Waals surface area (Å²) in [6.07, 6.45) is 7.75. The molecule has 1 amide bonds. The molecular weight excluding hydrogens is 266 g/mol. The Morgan fingerprint density at radius 3 is 2.86 bits per heavy atom. The van der Waals surface area contributed by atoms with Crippen LogP contribution in [0.25, 0.3) is 0 Å². The van der Waals surface area contributed by atoms with E-state index in [4.69, 9.17) is 4.74 Å². The molecule has 2 aliphatic heterocycles. The number of amides is 1. The van der Waals surface area contributed by atoms with Crippen LogP contribution in [0.1, 0.15) is 58.3 Å². The molecule has 0 aromatic heterocycles. The molecule has 4 unspecified atom stereocenters. The van der Waals surface area contributed by atoms with Crippen LogP contribution in [-0.4, -0.2) is 41.9 Å². The first-order valence-electron chi connectivity index (χ1n) is 8.67. The first kappa shape index (κ1) is 15.0. The van der Waals surface area contributed by atoms with Gasteiger partial charge in [-0.3, -0.25) is 9.59 Å². The summed E-state index contributed by atoms with van der Waals surface area (Å²) >= 11 is 0. The van der Waals surface area contributed by atoms with E-state index in [9.17, 15) is 9.59 Å². The summed E-state index contributed by atoms with van der Waals surface area (Å²) in [6.45, 7) is 3.62. The number of rotatable bonds is 3. The Labute approximate surface area is 127 Å². The lowest BCUT2D eigenvalue weighted by Gasteiger charge is -2.35. The highest BCUT2D eigenvalue weighted by Gasteiger charge is 2.43. The molecule has 4 atom stereocenters. The van der Waals surface area contributed by atoms with Crippen molar-refractivity contribution >= 4 is 11.7 Å². The van der Waals surface area contributed by atoms with E-state index < -0.39 is 0 Å². The van der Waals surface area contributed by atoms with Gasteiger partial charge in [-0.1, -0.05) is 13.3 Å². The number of ketones is 1. The number of hydrogen-bond acceptors (Lipinski definition) is 3. The molecule has 4 nitrogen and oxygen atoms in total. The van der Waals surface area contributed by atoms with E-state index in [1.165, 1.54) is 0 Å². The summed E-state index contributed by atoms with van der Waals surface area (Å²) < 4.78 is 5.68. The third kappa shape index (κ3) is 2.87. The van der Waals surface area contributed by atoms with Gasteiger partial charge in [0.1, 0.15) is 5.78 Å². The minimum absolute atomic E-state index is 0.0225. The molecule has 0 aromatic rings. The fourth-order valence-electron chi connectivity index (χ4n) is 4.45. The van der Waals surface area contributed by atoms with Crippen LogP contribution in [0.5, 0.6) is 0 Å². The van der Waals surface area contributed by atoms with Gasteiger partial charge in [-0.15, -0.1) is 0 Å². The van der Waals surface area contributed by atoms with Gasteiger partial charge in [0.15, 0.2) is 0 Å². The van der Waals surface area contributed by atoms with Gasteiger partial charge >= 0.3 is 0 Å². The van der Waals surface area contributed by atoms with E-state index in [1.807, 2.05) is 4.90 Å². The minimum Gasteiger partial charge on any atom is -0.377 e. The van der Waals surface area contributed by atoms with Gasteiger partial charge in [0, 0.05) is 31.5 Å². The van der Waals surface area contributed by atoms with Crippen molar-refractivity contribution in [3.63, 3.8) is 0 Å². The molecule has 0 radical (unpaired) electrons. The zero-order chi connectivity index (χ0) is 14.8. The molecule has 2 saturated heterocycles. The first-order valence-corrected chi connectivity index (χ1v) is 8.67. The van der Waals surface area contributed by atoms with Gasteiger partial charge in [-0.2, -0.15) is 0 Å². The van der Waals surface area contributed by atoms with Crippen molar-refractivity contribution in [2.24, 2.45) is 11.8 Å². The Balaban J connectivity index is 1.71. The molecule has 3 rings (SSSR count). The Bertz CT molecular complexity index is 409.